The first-order chi connectivity index (χ1) is 6.11. The molecule has 1 nitrogen and oxygen atoms in total. The highest BCUT2D eigenvalue weighted by molar-refractivity contribution is 5.19. The van der Waals surface area contributed by atoms with Gasteiger partial charge in [-0.3, -0.25) is 0 Å². The Morgan fingerprint density at radius 3 is 2.54 bits per heavy atom. The molecule has 0 heterocycles. The van der Waals surface area contributed by atoms with Crippen molar-refractivity contribution < 1.29 is 8.78 Å². The first-order valence-corrected chi connectivity index (χ1v) is 4.19. The minimum Gasteiger partial charge on any atom is -0.309 e. The van der Waals surface area contributed by atoms with Gasteiger partial charge >= 0.3 is 0 Å². The van der Waals surface area contributed by atoms with Crippen molar-refractivity contribution in [2.75, 3.05) is 20.6 Å². The van der Waals surface area contributed by atoms with Gasteiger partial charge in [0.2, 0.25) is 0 Å². The molecule has 0 fully saturated rings. The summed E-state index contributed by atoms with van der Waals surface area (Å²) in [5.74, 6) is -1.49. The summed E-state index contributed by atoms with van der Waals surface area (Å²) in [5.41, 5.74) is 0.439. The van der Waals surface area contributed by atoms with Crippen LogP contribution in [0.25, 0.3) is 0 Å². The highest BCUT2D eigenvalue weighted by Gasteiger charge is 2.06. The first-order valence-electron chi connectivity index (χ1n) is 4.19. The van der Waals surface area contributed by atoms with E-state index in [0.29, 0.717) is 12.0 Å². The van der Waals surface area contributed by atoms with Crippen LogP contribution in [-0.2, 0) is 6.42 Å². The summed E-state index contributed by atoms with van der Waals surface area (Å²) >= 11 is 0. The Morgan fingerprint density at radius 1 is 1.23 bits per heavy atom. The maximum absolute atomic E-state index is 13.1. The molecule has 0 amide bonds. The lowest BCUT2D eigenvalue weighted by molar-refractivity contribution is 0.407. The molecular formula is C10H13F2N. The van der Waals surface area contributed by atoms with Gasteiger partial charge in [0.05, 0.1) is 0 Å². The van der Waals surface area contributed by atoms with Crippen LogP contribution in [0, 0.1) is 11.6 Å². The van der Waals surface area contributed by atoms with E-state index < -0.39 is 11.6 Å². The zero-order valence-electron chi connectivity index (χ0n) is 7.85. The lowest BCUT2D eigenvalue weighted by Gasteiger charge is -2.09. The van der Waals surface area contributed by atoms with Crippen LogP contribution in [0.1, 0.15) is 5.56 Å². The van der Waals surface area contributed by atoms with Gasteiger partial charge in [-0.15, -0.1) is 0 Å². The fraction of sp³-hybridized carbons (Fsp3) is 0.400. The molecule has 0 bridgehead atoms. The molecule has 0 radical (unpaired) electrons. The van der Waals surface area contributed by atoms with Crippen LogP contribution in [0.4, 0.5) is 8.78 Å². The fourth-order valence-electron chi connectivity index (χ4n) is 1.09. The van der Waals surface area contributed by atoms with Crippen molar-refractivity contribution in [1.29, 1.82) is 0 Å². The van der Waals surface area contributed by atoms with Crippen LogP contribution in [-0.4, -0.2) is 25.5 Å². The van der Waals surface area contributed by atoms with Crippen LogP contribution < -0.4 is 0 Å². The van der Waals surface area contributed by atoms with Gasteiger partial charge in [-0.05, 0) is 32.1 Å². The normalized spacial score (nSPS) is 10.8. The standard InChI is InChI=1S/C10H13F2N/c1-13(2)7-6-8-4-3-5-9(11)10(8)12/h3-5H,6-7H2,1-2H3. The third kappa shape index (κ3) is 2.77. The summed E-state index contributed by atoms with van der Waals surface area (Å²) in [5, 5.41) is 0. The van der Waals surface area contributed by atoms with E-state index in [4.69, 9.17) is 0 Å². The Kier molecular flexibility index (Phi) is 3.37. The summed E-state index contributed by atoms with van der Waals surface area (Å²) in [6.45, 7) is 0.723. The van der Waals surface area contributed by atoms with E-state index in [-0.39, 0.29) is 0 Å². The SMILES string of the molecule is CN(C)CCc1cccc(F)c1F. The Hall–Kier alpha value is -0.960. The number of nitrogens with zero attached hydrogens (tertiary/aromatic N) is 1. The molecular weight excluding hydrogens is 172 g/mol. The molecule has 0 spiro atoms. The maximum atomic E-state index is 13.1. The average Bonchev–Trinajstić information content (AvgIpc) is 2.07. The molecule has 0 saturated heterocycles. The van der Waals surface area contributed by atoms with Gasteiger partial charge in [0.25, 0.3) is 0 Å². The van der Waals surface area contributed by atoms with Gasteiger partial charge in [0.1, 0.15) is 0 Å². The molecule has 13 heavy (non-hydrogen) atoms. The molecule has 1 aromatic rings. The second kappa shape index (κ2) is 4.33. The number of hydrogen-bond donors (Lipinski definition) is 0. The number of likely N-dealkylation sites (N-methyl/N-ethyl adjacent to an activating group) is 1. The minimum atomic E-state index is -0.767. The van der Waals surface area contributed by atoms with E-state index in [1.165, 1.54) is 6.07 Å². The largest absolute Gasteiger partial charge is 0.309 e. The van der Waals surface area contributed by atoms with Crippen LogP contribution >= 0.6 is 0 Å². The summed E-state index contributed by atoms with van der Waals surface area (Å²) in [6, 6.07) is 4.28. The van der Waals surface area contributed by atoms with Crippen molar-refractivity contribution in [2.24, 2.45) is 0 Å². The summed E-state index contributed by atoms with van der Waals surface area (Å²) in [7, 11) is 3.80. The van der Waals surface area contributed by atoms with Crippen LogP contribution in [0.2, 0.25) is 0 Å². The molecule has 0 atom stereocenters. The summed E-state index contributed by atoms with van der Waals surface area (Å²) in [6.07, 6.45) is 0.538. The van der Waals surface area contributed by atoms with Crippen molar-refractivity contribution in [3.63, 3.8) is 0 Å². The lowest BCUT2D eigenvalue weighted by Crippen LogP contribution is -2.15. The number of benzene rings is 1. The molecule has 3 heteroatoms. The molecule has 0 aliphatic carbocycles. The second-order valence-electron chi connectivity index (χ2n) is 3.27. The zero-order chi connectivity index (χ0) is 9.84. The topological polar surface area (TPSA) is 3.24 Å². The van der Waals surface area contributed by atoms with E-state index >= 15 is 0 Å². The van der Waals surface area contributed by atoms with E-state index in [2.05, 4.69) is 0 Å². The molecule has 0 aliphatic rings. The molecule has 0 unspecified atom stereocenters. The van der Waals surface area contributed by atoms with Gasteiger partial charge in [-0.1, -0.05) is 12.1 Å². The van der Waals surface area contributed by atoms with E-state index in [9.17, 15) is 8.78 Å². The Balaban J connectivity index is 2.71. The monoisotopic (exact) mass is 185 g/mol. The van der Waals surface area contributed by atoms with Crippen molar-refractivity contribution in [1.82, 2.24) is 4.90 Å². The average molecular weight is 185 g/mol. The molecule has 0 aromatic heterocycles. The number of rotatable bonds is 3. The van der Waals surface area contributed by atoms with Gasteiger partial charge < -0.3 is 4.90 Å². The maximum Gasteiger partial charge on any atom is 0.162 e. The van der Waals surface area contributed by atoms with Crippen molar-refractivity contribution in [2.45, 2.75) is 6.42 Å². The van der Waals surface area contributed by atoms with Gasteiger partial charge in [-0.2, -0.15) is 0 Å². The quantitative estimate of drug-likeness (QED) is 0.696. The second-order valence-corrected chi connectivity index (χ2v) is 3.27. The predicted molar refractivity (Wildman–Crippen MR) is 48.6 cm³/mol. The number of hydrogen-bond acceptors (Lipinski definition) is 1. The zero-order valence-corrected chi connectivity index (χ0v) is 7.85. The lowest BCUT2D eigenvalue weighted by atomic mass is 10.1. The number of halogens is 2. The molecule has 0 aliphatic heterocycles. The van der Waals surface area contributed by atoms with E-state index in [1.54, 1.807) is 6.07 Å². The van der Waals surface area contributed by atoms with Gasteiger partial charge in [0.15, 0.2) is 11.6 Å². The van der Waals surface area contributed by atoms with Gasteiger partial charge in [-0.25, -0.2) is 8.78 Å². The van der Waals surface area contributed by atoms with Crippen molar-refractivity contribution >= 4 is 0 Å². The highest BCUT2D eigenvalue weighted by atomic mass is 19.2. The molecule has 0 N–H and O–H groups in total. The van der Waals surface area contributed by atoms with Crippen molar-refractivity contribution in [3.8, 4) is 0 Å². The third-order valence-corrected chi connectivity index (χ3v) is 1.86. The van der Waals surface area contributed by atoms with Crippen molar-refractivity contribution in [3.05, 3.63) is 35.4 Å². The van der Waals surface area contributed by atoms with E-state index in [1.807, 2.05) is 19.0 Å². The molecule has 1 aromatic carbocycles. The van der Waals surface area contributed by atoms with Gasteiger partial charge in [0, 0.05) is 6.54 Å². The first kappa shape index (κ1) is 10.1. The van der Waals surface area contributed by atoms with E-state index in [0.717, 1.165) is 12.6 Å². The summed E-state index contributed by atoms with van der Waals surface area (Å²) < 4.78 is 25.8. The van der Waals surface area contributed by atoms with Crippen LogP contribution in [0.5, 0.6) is 0 Å². The molecule has 1 rings (SSSR count). The highest BCUT2D eigenvalue weighted by Crippen LogP contribution is 2.11. The van der Waals surface area contributed by atoms with Crippen LogP contribution in [0.15, 0.2) is 18.2 Å². The Morgan fingerprint density at radius 2 is 1.92 bits per heavy atom. The molecule has 0 saturated carbocycles. The Bertz CT molecular complexity index is 284. The minimum absolute atomic E-state index is 0.439. The predicted octanol–water partition coefficient (Wildman–Crippen LogP) is 2.07. The molecule has 72 valence electrons. The summed E-state index contributed by atoms with van der Waals surface area (Å²) in [4.78, 5) is 1.93. The Labute approximate surface area is 77.0 Å². The smallest absolute Gasteiger partial charge is 0.162 e. The fourth-order valence-corrected chi connectivity index (χ4v) is 1.09. The third-order valence-electron chi connectivity index (χ3n) is 1.86. The van der Waals surface area contributed by atoms with Crippen LogP contribution in [0.3, 0.4) is 0 Å².